The minimum Gasteiger partial charge on any atom is -0.393 e. The highest BCUT2D eigenvalue weighted by molar-refractivity contribution is 5.86. The van der Waals surface area contributed by atoms with E-state index in [4.69, 9.17) is 0 Å². The predicted octanol–water partition coefficient (Wildman–Crippen LogP) is 5.60. The molecule has 4 aliphatic rings. The summed E-state index contributed by atoms with van der Waals surface area (Å²) in [6.07, 6.45) is 11.6. The number of carbonyl (C=O) groups is 1. The van der Waals surface area contributed by atoms with Crippen molar-refractivity contribution in [3.8, 4) is 0 Å². The maximum atomic E-state index is 12.8. The molecule has 0 amide bonds. The van der Waals surface area contributed by atoms with Gasteiger partial charge in [-0.25, -0.2) is 0 Å². The fraction of sp³-hybridized carbons (Fsp3) is 0.833. The standard InChI is InChI=1S/C30H48O4/c1-19(8-11-25(33)30(7,34)18-31)20-12-16-29(6)22-9-10-23-26(2,3)24(32)14-15-27(23,4)21(22)13-17-28(20,29)5/h9,13,19-20,23,25,31,33-34H,8,10-12,14-18H2,1-7H3/t19-,20-,23?,25+,27-,28-,29+,30+/m1/s1. The Morgan fingerprint density at radius 1 is 1.09 bits per heavy atom. The van der Waals surface area contributed by atoms with Gasteiger partial charge in [0.25, 0.3) is 0 Å². The molecular formula is C30H48O4. The largest absolute Gasteiger partial charge is 0.393 e. The van der Waals surface area contributed by atoms with Gasteiger partial charge in [0.2, 0.25) is 0 Å². The Kier molecular flexibility index (Phi) is 6.36. The molecule has 0 aromatic heterocycles. The maximum Gasteiger partial charge on any atom is 0.138 e. The van der Waals surface area contributed by atoms with Crippen molar-refractivity contribution in [2.24, 2.45) is 39.4 Å². The highest BCUT2D eigenvalue weighted by Gasteiger charge is 2.63. The summed E-state index contributed by atoms with van der Waals surface area (Å²) >= 11 is 0. The van der Waals surface area contributed by atoms with Crippen molar-refractivity contribution in [3.05, 3.63) is 23.3 Å². The summed E-state index contributed by atoms with van der Waals surface area (Å²) in [5, 5.41) is 30.0. The smallest absolute Gasteiger partial charge is 0.138 e. The summed E-state index contributed by atoms with van der Waals surface area (Å²) in [5.41, 5.74) is 1.76. The van der Waals surface area contributed by atoms with E-state index in [0.29, 0.717) is 36.4 Å². The minimum absolute atomic E-state index is 0.0789. The topological polar surface area (TPSA) is 77.8 Å². The number of aliphatic hydroxyl groups excluding tert-OH is 2. The lowest BCUT2D eigenvalue weighted by Crippen LogP contribution is -2.53. The molecule has 4 heteroatoms. The molecule has 192 valence electrons. The third-order valence-corrected chi connectivity index (χ3v) is 11.7. The Morgan fingerprint density at radius 3 is 2.41 bits per heavy atom. The van der Waals surface area contributed by atoms with Crippen molar-refractivity contribution < 1.29 is 20.1 Å². The number of fused-ring (bicyclic) bond motifs is 5. The lowest BCUT2D eigenvalue weighted by atomic mass is 9.44. The minimum atomic E-state index is -1.44. The first-order chi connectivity index (χ1) is 15.6. The van der Waals surface area contributed by atoms with Crippen LogP contribution in [0.2, 0.25) is 0 Å². The maximum absolute atomic E-state index is 12.8. The van der Waals surface area contributed by atoms with Crippen LogP contribution < -0.4 is 0 Å². The predicted molar refractivity (Wildman–Crippen MR) is 136 cm³/mol. The molecule has 4 aliphatic carbocycles. The molecule has 4 rings (SSSR count). The molecule has 3 N–H and O–H groups in total. The molecule has 0 aromatic carbocycles. The van der Waals surface area contributed by atoms with E-state index in [0.717, 1.165) is 25.7 Å². The van der Waals surface area contributed by atoms with Crippen LogP contribution >= 0.6 is 0 Å². The number of hydrogen-bond acceptors (Lipinski definition) is 4. The van der Waals surface area contributed by atoms with Gasteiger partial charge in [-0.2, -0.15) is 0 Å². The van der Waals surface area contributed by atoms with Crippen molar-refractivity contribution >= 4 is 5.78 Å². The monoisotopic (exact) mass is 472 g/mol. The normalized spacial score (nSPS) is 42.5. The average Bonchev–Trinajstić information content (AvgIpc) is 3.06. The van der Waals surface area contributed by atoms with Gasteiger partial charge in [-0.05, 0) is 97.0 Å². The van der Waals surface area contributed by atoms with E-state index in [1.807, 2.05) is 0 Å². The second-order valence-corrected chi connectivity index (χ2v) is 13.8. The lowest BCUT2D eigenvalue weighted by molar-refractivity contribution is -0.138. The second kappa shape index (κ2) is 8.28. The molecule has 2 fully saturated rings. The Balaban J connectivity index is 1.60. The Labute approximate surface area is 206 Å². The third-order valence-electron chi connectivity index (χ3n) is 11.7. The molecule has 0 heterocycles. The lowest BCUT2D eigenvalue weighted by Gasteiger charge is -2.59. The van der Waals surface area contributed by atoms with Crippen molar-refractivity contribution in [1.29, 1.82) is 0 Å². The molecule has 0 aliphatic heterocycles. The van der Waals surface area contributed by atoms with E-state index >= 15 is 0 Å². The van der Waals surface area contributed by atoms with Crippen LogP contribution in [0.1, 0.15) is 99.8 Å². The van der Waals surface area contributed by atoms with Crippen molar-refractivity contribution in [2.75, 3.05) is 6.61 Å². The van der Waals surface area contributed by atoms with Crippen molar-refractivity contribution in [3.63, 3.8) is 0 Å². The first-order valence-electron chi connectivity index (χ1n) is 13.6. The van der Waals surface area contributed by atoms with Crippen LogP contribution in [0.3, 0.4) is 0 Å². The van der Waals surface area contributed by atoms with Gasteiger partial charge in [0.15, 0.2) is 0 Å². The van der Waals surface area contributed by atoms with Gasteiger partial charge in [-0.15, -0.1) is 0 Å². The molecule has 1 unspecified atom stereocenters. The fourth-order valence-electron chi connectivity index (χ4n) is 8.80. The molecule has 0 spiro atoms. The molecule has 0 bridgehead atoms. The van der Waals surface area contributed by atoms with Gasteiger partial charge >= 0.3 is 0 Å². The molecule has 0 saturated heterocycles. The Morgan fingerprint density at radius 2 is 1.76 bits per heavy atom. The Hall–Kier alpha value is -0.970. The molecule has 0 radical (unpaired) electrons. The highest BCUT2D eigenvalue weighted by Crippen LogP contribution is 2.71. The number of allylic oxidation sites excluding steroid dienone is 4. The quantitative estimate of drug-likeness (QED) is 0.470. The highest BCUT2D eigenvalue weighted by atomic mass is 16.4. The van der Waals surface area contributed by atoms with Crippen LogP contribution in [0.5, 0.6) is 0 Å². The van der Waals surface area contributed by atoms with Gasteiger partial charge in [0.05, 0.1) is 12.7 Å². The zero-order valence-corrected chi connectivity index (χ0v) is 22.6. The summed E-state index contributed by atoms with van der Waals surface area (Å²) < 4.78 is 0. The molecule has 0 aromatic rings. The van der Waals surface area contributed by atoms with Crippen molar-refractivity contribution in [2.45, 2.75) is 112 Å². The SMILES string of the molecule is C[C@H](CC[C@H](O)[C@@](C)(O)CO)[C@H]1CC[C@@]2(C)C3=CCC4C(C)(C)C(=O)CC[C@]4(C)C3=CC[C@]12C. The number of ketones is 1. The van der Waals surface area contributed by atoms with E-state index < -0.39 is 18.3 Å². The summed E-state index contributed by atoms with van der Waals surface area (Å²) in [7, 11) is 0. The van der Waals surface area contributed by atoms with E-state index in [1.54, 1.807) is 5.57 Å². The van der Waals surface area contributed by atoms with E-state index in [1.165, 1.54) is 25.3 Å². The van der Waals surface area contributed by atoms with Gasteiger partial charge in [0, 0.05) is 11.8 Å². The van der Waals surface area contributed by atoms with Crippen LogP contribution in [0.25, 0.3) is 0 Å². The molecular weight excluding hydrogens is 424 g/mol. The van der Waals surface area contributed by atoms with Crippen LogP contribution in [0, 0.1) is 39.4 Å². The first kappa shape index (κ1) is 26.1. The van der Waals surface area contributed by atoms with E-state index in [2.05, 4.69) is 53.7 Å². The zero-order chi connectivity index (χ0) is 25.3. The molecule has 2 saturated carbocycles. The van der Waals surface area contributed by atoms with E-state index in [9.17, 15) is 20.1 Å². The second-order valence-electron chi connectivity index (χ2n) is 13.8. The zero-order valence-electron chi connectivity index (χ0n) is 22.6. The number of Topliss-reactive ketones (excluding diaryl/α,β-unsaturated/α-hetero) is 1. The number of aliphatic hydroxyl groups is 3. The number of hydrogen-bond donors (Lipinski definition) is 3. The number of carbonyl (C=O) groups excluding carboxylic acids is 1. The fourth-order valence-corrected chi connectivity index (χ4v) is 8.80. The molecule has 8 atom stereocenters. The van der Waals surface area contributed by atoms with Gasteiger partial charge in [0.1, 0.15) is 11.4 Å². The van der Waals surface area contributed by atoms with Crippen LogP contribution in [-0.2, 0) is 4.79 Å². The summed E-state index contributed by atoms with van der Waals surface area (Å²) in [5.74, 6) is 1.79. The van der Waals surface area contributed by atoms with Crippen LogP contribution in [0.15, 0.2) is 23.3 Å². The van der Waals surface area contributed by atoms with Crippen LogP contribution in [0.4, 0.5) is 0 Å². The van der Waals surface area contributed by atoms with Gasteiger partial charge in [-0.3, -0.25) is 4.79 Å². The van der Waals surface area contributed by atoms with E-state index in [-0.39, 0.29) is 21.7 Å². The first-order valence-corrected chi connectivity index (χ1v) is 13.6. The Bertz CT molecular complexity index is 897. The molecule has 4 nitrogen and oxygen atoms in total. The molecule has 34 heavy (non-hydrogen) atoms. The summed E-state index contributed by atoms with van der Waals surface area (Å²) in [4.78, 5) is 12.8. The van der Waals surface area contributed by atoms with Crippen molar-refractivity contribution in [1.82, 2.24) is 0 Å². The van der Waals surface area contributed by atoms with Crippen LogP contribution in [-0.4, -0.2) is 39.4 Å². The van der Waals surface area contributed by atoms with Gasteiger partial charge in [-0.1, -0.05) is 53.7 Å². The summed E-state index contributed by atoms with van der Waals surface area (Å²) in [6, 6.07) is 0. The van der Waals surface area contributed by atoms with Gasteiger partial charge < -0.3 is 15.3 Å². The third kappa shape index (κ3) is 3.53. The summed E-state index contributed by atoms with van der Waals surface area (Å²) in [6.45, 7) is 15.1. The number of rotatable bonds is 6. The average molecular weight is 473 g/mol.